The lowest BCUT2D eigenvalue weighted by atomic mass is 10.1. The largest absolute Gasteiger partial charge is 0.465 e. The molecule has 1 heterocycles. The molecule has 0 aliphatic rings. The highest BCUT2D eigenvalue weighted by Crippen LogP contribution is 2.20. The Balaban J connectivity index is 1.78. The molecule has 6 heteroatoms. The first-order chi connectivity index (χ1) is 11.7. The second-order valence-electron chi connectivity index (χ2n) is 5.00. The first kappa shape index (κ1) is 15.6. The summed E-state index contributed by atoms with van der Waals surface area (Å²) in [5, 5.41) is 3.01. The van der Waals surface area contributed by atoms with E-state index in [0.717, 1.165) is 0 Å². The van der Waals surface area contributed by atoms with Crippen LogP contribution in [0.3, 0.4) is 0 Å². The number of nitrogens with zero attached hydrogens (tertiary/aromatic N) is 2. The summed E-state index contributed by atoms with van der Waals surface area (Å²) in [4.78, 5) is 20.0. The lowest BCUT2D eigenvalue weighted by Crippen LogP contribution is -2.02. The van der Waals surface area contributed by atoms with E-state index in [1.54, 1.807) is 48.8 Å². The van der Waals surface area contributed by atoms with Crippen molar-refractivity contribution >= 4 is 17.6 Å². The number of rotatable bonds is 4. The van der Waals surface area contributed by atoms with Crippen molar-refractivity contribution in [2.45, 2.75) is 0 Å². The van der Waals surface area contributed by atoms with Gasteiger partial charge in [0.1, 0.15) is 5.82 Å². The number of hydrogen-bond acceptors (Lipinski definition) is 5. The summed E-state index contributed by atoms with van der Waals surface area (Å²) in [5.74, 6) is -0.354. The Morgan fingerprint density at radius 2 is 1.79 bits per heavy atom. The minimum atomic E-state index is -0.416. The number of methoxy groups -OCH3 is 1. The number of ether oxygens (including phenoxy) is 1. The predicted octanol–water partition coefficient (Wildman–Crippen LogP) is 3.81. The molecule has 0 bridgehead atoms. The number of carbonyl (C=O) groups is 1. The maximum absolute atomic E-state index is 13.3. The number of aromatic nitrogens is 2. The van der Waals surface area contributed by atoms with E-state index in [1.807, 2.05) is 0 Å². The number of esters is 1. The van der Waals surface area contributed by atoms with Gasteiger partial charge >= 0.3 is 5.97 Å². The third-order valence-electron chi connectivity index (χ3n) is 3.35. The first-order valence-corrected chi connectivity index (χ1v) is 7.19. The Kier molecular flexibility index (Phi) is 4.47. The van der Waals surface area contributed by atoms with Crippen molar-refractivity contribution in [3.8, 4) is 11.1 Å². The molecule has 0 radical (unpaired) electrons. The molecule has 0 spiro atoms. The van der Waals surface area contributed by atoms with Gasteiger partial charge in [-0.15, -0.1) is 0 Å². The zero-order valence-electron chi connectivity index (χ0n) is 12.9. The zero-order chi connectivity index (χ0) is 16.9. The van der Waals surface area contributed by atoms with Crippen LogP contribution in [0, 0.1) is 5.82 Å². The molecule has 0 saturated carbocycles. The number of carbonyl (C=O) groups excluding carboxylic acids is 1. The summed E-state index contributed by atoms with van der Waals surface area (Å²) in [7, 11) is 1.33. The Morgan fingerprint density at radius 3 is 2.50 bits per heavy atom. The van der Waals surface area contributed by atoms with E-state index < -0.39 is 5.97 Å². The van der Waals surface area contributed by atoms with E-state index in [-0.39, 0.29) is 5.82 Å². The second kappa shape index (κ2) is 6.87. The average molecular weight is 323 g/mol. The molecule has 24 heavy (non-hydrogen) atoms. The third-order valence-corrected chi connectivity index (χ3v) is 3.35. The Hall–Kier alpha value is -3.28. The molecule has 0 amide bonds. The number of halogens is 1. The van der Waals surface area contributed by atoms with Crippen LogP contribution in [0.25, 0.3) is 11.1 Å². The van der Waals surface area contributed by atoms with Crippen LogP contribution in [0.15, 0.2) is 60.9 Å². The Bertz CT molecular complexity index is 866. The third kappa shape index (κ3) is 3.55. The van der Waals surface area contributed by atoms with Crippen LogP contribution in [0.4, 0.5) is 16.0 Å². The predicted molar refractivity (Wildman–Crippen MR) is 88.5 cm³/mol. The fourth-order valence-electron chi connectivity index (χ4n) is 2.18. The van der Waals surface area contributed by atoms with E-state index in [0.29, 0.717) is 28.3 Å². The highest BCUT2D eigenvalue weighted by molar-refractivity contribution is 5.90. The van der Waals surface area contributed by atoms with E-state index in [9.17, 15) is 9.18 Å². The average Bonchev–Trinajstić information content (AvgIpc) is 2.62. The van der Waals surface area contributed by atoms with Crippen LogP contribution >= 0.6 is 0 Å². The number of nitrogens with one attached hydrogen (secondary N) is 1. The van der Waals surface area contributed by atoms with Gasteiger partial charge in [0.2, 0.25) is 5.95 Å². The standard InChI is InChI=1S/C18H14FN3O2/c1-24-17(23)13-5-3-7-16(9-13)22-18-20-10-14(11-21-18)12-4-2-6-15(19)8-12/h2-11H,1H3,(H,20,21,22). The van der Waals surface area contributed by atoms with Gasteiger partial charge in [0.25, 0.3) is 0 Å². The van der Waals surface area contributed by atoms with Gasteiger partial charge in [-0.2, -0.15) is 0 Å². The molecular weight excluding hydrogens is 309 g/mol. The van der Waals surface area contributed by atoms with Gasteiger partial charge in [0, 0.05) is 23.6 Å². The van der Waals surface area contributed by atoms with Gasteiger partial charge in [-0.1, -0.05) is 18.2 Å². The molecule has 5 nitrogen and oxygen atoms in total. The van der Waals surface area contributed by atoms with Crippen molar-refractivity contribution in [2.24, 2.45) is 0 Å². The molecule has 1 aromatic heterocycles. The molecule has 120 valence electrons. The van der Waals surface area contributed by atoms with E-state index in [4.69, 9.17) is 0 Å². The van der Waals surface area contributed by atoms with E-state index in [1.165, 1.54) is 19.2 Å². The normalized spacial score (nSPS) is 10.2. The molecular formula is C18H14FN3O2. The minimum Gasteiger partial charge on any atom is -0.465 e. The van der Waals surface area contributed by atoms with Crippen LogP contribution < -0.4 is 5.32 Å². The SMILES string of the molecule is COC(=O)c1cccc(Nc2ncc(-c3cccc(F)c3)cn2)c1. The number of anilines is 2. The van der Waals surface area contributed by atoms with Crippen LogP contribution in [0.2, 0.25) is 0 Å². The monoisotopic (exact) mass is 323 g/mol. The van der Waals surface area contributed by atoms with Gasteiger partial charge in [-0.25, -0.2) is 19.2 Å². The van der Waals surface area contributed by atoms with Crippen LogP contribution in [0.1, 0.15) is 10.4 Å². The van der Waals surface area contributed by atoms with Gasteiger partial charge in [-0.05, 0) is 35.9 Å². The van der Waals surface area contributed by atoms with Gasteiger partial charge in [0.15, 0.2) is 0 Å². The zero-order valence-corrected chi connectivity index (χ0v) is 12.9. The maximum Gasteiger partial charge on any atom is 0.337 e. The molecule has 1 N–H and O–H groups in total. The molecule has 0 aliphatic heterocycles. The van der Waals surface area contributed by atoms with Crippen LogP contribution in [0.5, 0.6) is 0 Å². The Labute approximate surface area is 138 Å². The van der Waals surface area contributed by atoms with Crippen molar-refractivity contribution in [3.63, 3.8) is 0 Å². The minimum absolute atomic E-state index is 0.311. The summed E-state index contributed by atoms with van der Waals surface area (Å²) in [6.45, 7) is 0. The summed E-state index contributed by atoms with van der Waals surface area (Å²) in [6, 6.07) is 13.1. The van der Waals surface area contributed by atoms with Crippen molar-refractivity contribution in [1.29, 1.82) is 0 Å². The van der Waals surface area contributed by atoms with Crippen molar-refractivity contribution in [1.82, 2.24) is 9.97 Å². The van der Waals surface area contributed by atoms with Crippen molar-refractivity contribution in [2.75, 3.05) is 12.4 Å². The highest BCUT2D eigenvalue weighted by Gasteiger charge is 2.07. The fraction of sp³-hybridized carbons (Fsp3) is 0.0556. The van der Waals surface area contributed by atoms with E-state index in [2.05, 4.69) is 20.0 Å². The van der Waals surface area contributed by atoms with Gasteiger partial charge in [0.05, 0.1) is 12.7 Å². The summed E-state index contributed by atoms with van der Waals surface area (Å²) in [5.41, 5.74) is 2.51. The maximum atomic E-state index is 13.3. The smallest absolute Gasteiger partial charge is 0.337 e. The van der Waals surface area contributed by atoms with Gasteiger partial charge < -0.3 is 10.1 Å². The van der Waals surface area contributed by atoms with Crippen LogP contribution in [-0.2, 0) is 4.74 Å². The molecule has 0 aliphatic carbocycles. The topological polar surface area (TPSA) is 64.1 Å². The highest BCUT2D eigenvalue weighted by atomic mass is 19.1. The molecule has 3 rings (SSSR count). The molecule has 0 unspecified atom stereocenters. The van der Waals surface area contributed by atoms with Crippen molar-refractivity contribution in [3.05, 3.63) is 72.3 Å². The first-order valence-electron chi connectivity index (χ1n) is 7.19. The quantitative estimate of drug-likeness (QED) is 0.740. The summed E-state index contributed by atoms with van der Waals surface area (Å²) < 4.78 is 17.9. The fourth-order valence-corrected chi connectivity index (χ4v) is 2.18. The number of benzene rings is 2. The summed E-state index contributed by atoms with van der Waals surface area (Å²) in [6.07, 6.45) is 3.21. The molecule has 3 aromatic rings. The van der Waals surface area contributed by atoms with Gasteiger partial charge in [-0.3, -0.25) is 0 Å². The van der Waals surface area contributed by atoms with Crippen molar-refractivity contribution < 1.29 is 13.9 Å². The number of hydrogen-bond donors (Lipinski definition) is 1. The van der Waals surface area contributed by atoms with Crippen LogP contribution in [-0.4, -0.2) is 23.0 Å². The van der Waals surface area contributed by atoms with E-state index >= 15 is 0 Å². The Morgan fingerprint density at radius 1 is 1.04 bits per heavy atom. The molecule has 2 aromatic carbocycles. The molecule has 0 atom stereocenters. The second-order valence-corrected chi connectivity index (χ2v) is 5.00. The molecule has 0 fully saturated rings. The molecule has 0 saturated heterocycles. The lowest BCUT2D eigenvalue weighted by molar-refractivity contribution is 0.0601. The lowest BCUT2D eigenvalue weighted by Gasteiger charge is -2.07. The summed E-state index contributed by atoms with van der Waals surface area (Å²) >= 11 is 0.